The SMILES string of the molecule is COc1cccc(C(=O)[C@@H]2[C@@H](c3ccc(Cl)cc3)C3(C(=O)c4ccccc4C3=O)[C@H]3C=Cc4ccccc4N23)c1. The molecular weight excluding hydrogens is 522 g/mol. The predicted molar refractivity (Wildman–Crippen MR) is 155 cm³/mol. The average Bonchev–Trinajstić information content (AvgIpc) is 3.43. The number of hydrogen-bond donors (Lipinski definition) is 0. The van der Waals surface area contributed by atoms with Gasteiger partial charge in [0.25, 0.3) is 0 Å². The third kappa shape index (κ3) is 3.24. The molecule has 7 rings (SSSR count). The maximum Gasteiger partial charge on any atom is 0.186 e. The first kappa shape index (κ1) is 24.6. The smallest absolute Gasteiger partial charge is 0.186 e. The number of carbonyl (C=O) groups is 3. The fraction of sp³-hybridized carbons (Fsp3) is 0.147. The summed E-state index contributed by atoms with van der Waals surface area (Å²) in [7, 11) is 1.56. The third-order valence-corrected chi connectivity index (χ3v) is 8.82. The number of ketones is 3. The largest absolute Gasteiger partial charge is 0.497 e. The normalized spacial score (nSPS) is 21.8. The molecule has 4 aromatic carbocycles. The first-order chi connectivity index (χ1) is 19.5. The summed E-state index contributed by atoms with van der Waals surface area (Å²) in [6.07, 6.45) is 3.88. The highest BCUT2D eigenvalue weighted by Gasteiger charge is 2.71. The van der Waals surface area contributed by atoms with E-state index in [0.717, 1.165) is 11.3 Å². The van der Waals surface area contributed by atoms with Crippen LogP contribution in [0.2, 0.25) is 5.02 Å². The van der Waals surface area contributed by atoms with Crippen LogP contribution >= 0.6 is 11.6 Å². The zero-order valence-electron chi connectivity index (χ0n) is 21.6. The minimum atomic E-state index is -1.54. The molecule has 1 aliphatic carbocycles. The van der Waals surface area contributed by atoms with Gasteiger partial charge in [0.1, 0.15) is 17.2 Å². The Bertz CT molecular complexity index is 1710. The molecular formula is C34H24ClNO4. The van der Waals surface area contributed by atoms with E-state index in [9.17, 15) is 14.4 Å². The van der Waals surface area contributed by atoms with Crippen LogP contribution in [0.5, 0.6) is 5.75 Å². The maximum absolute atomic E-state index is 14.7. The highest BCUT2D eigenvalue weighted by Crippen LogP contribution is 2.61. The van der Waals surface area contributed by atoms with Gasteiger partial charge in [-0.15, -0.1) is 0 Å². The Labute approximate surface area is 236 Å². The van der Waals surface area contributed by atoms with Crippen LogP contribution in [0.3, 0.4) is 0 Å². The summed E-state index contributed by atoms with van der Waals surface area (Å²) in [6.45, 7) is 0. The van der Waals surface area contributed by atoms with Crippen molar-refractivity contribution >= 4 is 40.7 Å². The van der Waals surface area contributed by atoms with Crippen LogP contribution in [0.15, 0.2) is 103 Å². The van der Waals surface area contributed by atoms with Gasteiger partial charge in [0.05, 0.1) is 13.2 Å². The molecule has 1 saturated heterocycles. The first-order valence-corrected chi connectivity index (χ1v) is 13.5. The van der Waals surface area contributed by atoms with E-state index >= 15 is 0 Å². The van der Waals surface area contributed by atoms with Gasteiger partial charge in [-0.05, 0) is 41.5 Å². The second kappa shape index (κ2) is 9.04. The van der Waals surface area contributed by atoms with E-state index in [4.69, 9.17) is 16.3 Å². The Morgan fingerprint density at radius 3 is 2.23 bits per heavy atom. The van der Waals surface area contributed by atoms with E-state index in [-0.39, 0.29) is 17.3 Å². The van der Waals surface area contributed by atoms with Gasteiger partial charge in [0.15, 0.2) is 17.3 Å². The Hall–Kier alpha value is -4.48. The lowest BCUT2D eigenvalue weighted by Gasteiger charge is -2.37. The molecule has 2 heterocycles. The zero-order chi connectivity index (χ0) is 27.6. The maximum atomic E-state index is 14.7. The van der Waals surface area contributed by atoms with Crippen LogP contribution in [0.25, 0.3) is 6.08 Å². The highest BCUT2D eigenvalue weighted by molar-refractivity contribution is 6.32. The van der Waals surface area contributed by atoms with Gasteiger partial charge in [-0.2, -0.15) is 0 Å². The number of anilines is 1. The van der Waals surface area contributed by atoms with Crippen molar-refractivity contribution in [3.8, 4) is 5.75 Å². The van der Waals surface area contributed by atoms with Crippen LogP contribution in [0.1, 0.15) is 48.1 Å². The molecule has 3 aliphatic rings. The Morgan fingerprint density at radius 2 is 1.52 bits per heavy atom. The van der Waals surface area contributed by atoms with Gasteiger partial charge in [0, 0.05) is 33.3 Å². The average molecular weight is 546 g/mol. The second-order valence-electron chi connectivity index (χ2n) is 10.4. The summed E-state index contributed by atoms with van der Waals surface area (Å²) >= 11 is 6.28. The second-order valence-corrected chi connectivity index (χ2v) is 10.8. The van der Waals surface area contributed by atoms with Gasteiger partial charge in [-0.3, -0.25) is 14.4 Å². The van der Waals surface area contributed by atoms with Gasteiger partial charge in [-0.25, -0.2) is 0 Å². The lowest BCUT2D eigenvalue weighted by atomic mass is 9.64. The number of ether oxygens (including phenoxy) is 1. The summed E-state index contributed by atoms with van der Waals surface area (Å²) in [5.41, 5.74) is 2.14. The number of benzene rings is 4. The molecule has 0 N–H and O–H groups in total. The van der Waals surface area contributed by atoms with Crippen molar-refractivity contribution in [3.63, 3.8) is 0 Å². The fourth-order valence-corrected chi connectivity index (χ4v) is 7.03. The van der Waals surface area contributed by atoms with Gasteiger partial charge in [-0.1, -0.05) is 90.5 Å². The monoisotopic (exact) mass is 545 g/mol. The van der Waals surface area contributed by atoms with Crippen LogP contribution in [-0.2, 0) is 0 Å². The molecule has 1 fully saturated rings. The Morgan fingerprint density at radius 1 is 0.850 bits per heavy atom. The number of hydrogen-bond acceptors (Lipinski definition) is 5. The number of para-hydroxylation sites is 1. The van der Waals surface area contributed by atoms with Gasteiger partial charge in [0.2, 0.25) is 0 Å². The molecule has 4 aromatic rings. The molecule has 5 nitrogen and oxygen atoms in total. The van der Waals surface area contributed by atoms with Gasteiger partial charge >= 0.3 is 0 Å². The number of methoxy groups -OCH3 is 1. The lowest BCUT2D eigenvalue weighted by Crippen LogP contribution is -2.48. The molecule has 3 atom stereocenters. The molecule has 2 aliphatic heterocycles. The molecule has 0 aromatic heterocycles. The number of fused-ring (bicyclic) bond motifs is 5. The van der Waals surface area contributed by atoms with Crippen molar-refractivity contribution in [2.24, 2.45) is 5.41 Å². The molecule has 196 valence electrons. The standard InChI is InChI=1S/C34H24ClNO4/c1-40-24-9-6-8-22(19-24)31(37)30-29(21-13-16-23(35)17-14-21)34(32(38)25-10-3-4-11-26(25)33(34)39)28-18-15-20-7-2-5-12-27(20)36(28)30/h2-19,28-30H,1H3/t28-,29-,30+/m1/s1. The van der Waals surface area contributed by atoms with E-state index < -0.39 is 23.4 Å². The molecule has 0 amide bonds. The lowest BCUT2D eigenvalue weighted by molar-refractivity contribution is 0.0666. The fourth-order valence-electron chi connectivity index (χ4n) is 6.91. The van der Waals surface area contributed by atoms with Crippen molar-refractivity contribution < 1.29 is 19.1 Å². The Kier molecular flexibility index (Phi) is 5.55. The van der Waals surface area contributed by atoms with Crippen LogP contribution in [0.4, 0.5) is 5.69 Å². The number of rotatable bonds is 4. The molecule has 0 radical (unpaired) electrons. The third-order valence-electron chi connectivity index (χ3n) is 8.56. The van der Waals surface area contributed by atoms with Crippen molar-refractivity contribution in [3.05, 3.63) is 136 Å². The summed E-state index contributed by atoms with van der Waals surface area (Å²) in [4.78, 5) is 45.9. The summed E-state index contributed by atoms with van der Waals surface area (Å²) in [6, 6.07) is 27.4. The van der Waals surface area contributed by atoms with E-state index in [1.165, 1.54) is 0 Å². The topological polar surface area (TPSA) is 63.7 Å². The zero-order valence-corrected chi connectivity index (χ0v) is 22.3. The number of Topliss-reactive ketones (excluding diaryl/α,β-unsaturated/α-hetero) is 3. The quantitative estimate of drug-likeness (QED) is 0.212. The number of nitrogens with zero attached hydrogens (tertiary/aromatic N) is 1. The molecule has 1 spiro atoms. The Balaban J connectivity index is 1.54. The van der Waals surface area contributed by atoms with E-state index in [0.29, 0.717) is 33.0 Å². The summed E-state index contributed by atoms with van der Waals surface area (Å²) in [5, 5.41) is 0.529. The number of halogens is 1. The van der Waals surface area contributed by atoms with E-state index in [2.05, 4.69) is 0 Å². The van der Waals surface area contributed by atoms with Crippen LogP contribution in [0, 0.1) is 5.41 Å². The van der Waals surface area contributed by atoms with Gasteiger partial charge < -0.3 is 9.64 Å². The molecule has 6 heteroatoms. The molecule has 0 bridgehead atoms. The predicted octanol–water partition coefficient (Wildman–Crippen LogP) is 6.66. The van der Waals surface area contributed by atoms with Crippen molar-refractivity contribution in [2.75, 3.05) is 12.0 Å². The minimum Gasteiger partial charge on any atom is -0.497 e. The van der Waals surface area contributed by atoms with Crippen molar-refractivity contribution in [1.29, 1.82) is 0 Å². The highest BCUT2D eigenvalue weighted by atomic mass is 35.5. The molecule has 0 unspecified atom stereocenters. The van der Waals surface area contributed by atoms with E-state index in [1.807, 2.05) is 53.5 Å². The van der Waals surface area contributed by atoms with Crippen molar-refractivity contribution in [2.45, 2.75) is 18.0 Å². The summed E-state index contributed by atoms with van der Waals surface area (Å²) in [5.74, 6) is -0.933. The summed E-state index contributed by atoms with van der Waals surface area (Å²) < 4.78 is 5.43. The molecule has 0 saturated carbocycles. The minimum absolute atomic E-state index is 0.192. The first-order valence-electron chi connectivity index (χ1n) is 13.1. The van der Waals surface area contributed by atoms with Crippen molar-refractivity contribution in [1.82, 2.24) is 0 Å². The van der Waals surface area contributed by atoms with Crippen LogP contribution in [-0.4, -0.2) is 36.5 Å². The van der Waals surface area contributed by atoms with Crippen LogP contribution < -0.4 is 9.64 Å². The number of carbonyl (C=O) groups excluding carboxylic acids is 3. The van der Waals surface area contributed by atoms with E-state index in [1.54, 1.807) is 67.8 Å². The molecule has 40 heavy (non-hydrogen) atoms.